The van der Waals surface area contributed by atoms with Crippen molar-refractivity contribution in [3.63, 3.8) is 0 Å². The predicted octanol–water partition coefficient (Wildman–Crippen LogP) is 2.91. The fourth-order valence-corrected chi connectivity index (χ4v) is 3.33. The molecule has 8 nitrogen and oxygen atoms in total. The van der Waals surface area contributed by atoms with Gasteiger partial charge in [-0.2, -0.15) is 0 Å². The smallest absolute Gasteiger partial charge is 0.413 e. The van der Waals surface area contributed by atoms with E-state index in [0.717, 1.165) is 14.9 Å². The molecule has 0 saturated heterocycles. The van der Waals surface area contributed by atoms with E-state index < -0.39 is 36.3 Å². The van der Waals surface area contributed by atoms with Crippen LogP contribution in [0.5, 0.6) is 5.75 Å². The van der Waals surface area contributed by atoms with Crippen LogP contribution in [0, 0.1) is 5.82 Å². The third-order valence-corrected chi connectivity index (χ3v) is 4.38. The van der Waals surface area contributed by atoms with Gasteiger partial charge in [0.1, 0.15) is 17.6 Å². The molecule has 0 aliphatic heterocycles. The molecule has 0 bridgehead atoms. The molecule has 27 heavy (non-hydrogen) atoms. The molecule has 0 unspecified atom stereocenters. The number of carboxylic acid groups (broad SMARTS) is 2. The van der Waals surface area contributed by atoms with Crippen LogP contribution >= 0.6 is 45.2 Å². The van der Waals surface area contributed by atoms with Crippen LogP contribution in [0.15, 0.2) is 18.2 Å². The van der Waals surface area contributed by atoms with Crippen LogP contribution in [-0.4, -0.2) is 56.2 Å². The minimum absolute atomic E-state index is 0.0833. The van der Waals surface area contributed by atoms with Crippen molar-refractivity contribution in [2.45, 2.75) is 18.9 Å². The van der Waals surface area contributed by atoms with Gasteiger partial charge in [0.05, 0.1) is 5.69 Å². The molecule has 0 radical (unpaired) electrons. The average molecular weight is 608 g/mol. The van der Waals surface area contributed by atoms with Crippen LogP contribution < -0.4 is 15.0 Å². The lowest BCUT2D eigenvalue weighted by Crippen LogP contribution is -2.42. The molecule has 0 fully saturated rings. The number of rotatable bonds is 11. The standard InChI is InChI=1S/C16H19FI2N2O6/c17-11-9-10(1-3-13(11)21(7-5-18)8-6-19)27-16(26)20-12(15(24)25)2-4-14(22)23/h1,3,9,12H,2,4-8H2,(H,20,26)(H,22,23)(H,24,25)/t12-/m0/s1. The van der Waals surface area contributed by atoms with E-state index in [1.54, 1.807) is 0 Å². The first-order valence-electron chi connectivity index (χ1n) is 7.87. The molecule has 0 spiro atoms. The number of hydrogen-bond donors (Lipinski definition) is 3. The lowest BCUT2D eigenvalue weighted by Gasteiger charge is -2.23. The lowest BCUT2D eigenvalue weighted by molar-refractivity contribution is -0.140. The van der Waals surface area contributed by atoms with E-state index in [4.69, 9.17) is 14.9 Å². The highest BCUT2D eigenvalue weighted by molar-refractivity contribution is 14.1. The van der Waals surface area contributed by atoms with Gasteiger partial charge in [-0.25, -0.2) is 14.0 Å². The third-order valence-electron chi connectivity index (χ3n) is 3.42. The predicted molar refractivity (Wildman–Crippen MR) is 114 cm³/mol. The van der Waals surface area contributed by atoms with E-state index in [0.29, 0.717) is 18.8 Å². The molecule has 1 atom stereocenters. The number of aliphatic carboxylic acids is 2. The Balaban J connectivity index is 2.77. The van der Waals surface area contributed by atoms with Gasteiger partial charge in [-0.15, -0.1) is 0 Å². The summed E-state index contributed by atoms with van der Waals surface area (Å²) in [4.78, 5) is 35.3. The lowest BCUT2D eigenvalue weighted by atomic mass is 10.1. The molecule has 150 valence electrons. The molecule has 0 saturated carbocycles. The number of carboxylic acids is 2. The number of carbonyl (C=O) groups is 3. The molecule has 1 amide bonds. The number of benzene rings is 1. The van der Waals surface area contributed by atoms with Gasteiger partial charge in [0.25, 0.3) is 0 Å². The number of nitrogens with one attached hydrogen (secondary N) is 1. The van der Waals surface area contributed by atoms with Gasteiger partial charge in [0.15, 0.2) is 0 Å². The number of carbonyl (C=O) groups excluding carboxylic acids is 1. The second-order valence-electron chi connectivity index (χ2n) is 5.34. The van der Waals surface area contributed by atoms with Crippen molar-refractivity contribution in [3.05, 3.63) is 24.0 Å². The fraction of sp³-hybridized carbons (Fsp3) is 0.438. The third kappa shape index (κ3) is 8.45. The number of anilines is 1. The van der Waals surface area contributed by atoms with Gasteiger partial charge >= 0.3 is 18.0 Å². The monoisotopic (exact) mass is 608 g/mol. The SMILES string of the molecule is O=C(O)CC[C@H](NC(=O)Oc1ccc(N(CCI)CCI)c(F)c1)C(=O)O. The minimum atomic E-state index is -1.42. The van der Waals surface area contributed by atoms with Crippen LogP contribution in [0.3, 0.4) is 0 Å². The summed E-state index contributed by atoms with van der Waals surface area (Å²) < 4.78 is 20.9. The maximum Gasteiger partial charge on any atom is 0.413 e. The van der Waals surface area contributed by atoms with Gasteiger partial charge < -0.3 is 25.2 Å². The minimum Gasteiger partial charge on any atom is -0.481 e. The Labute approximate surface area is 182 Å². The summed E-state index contributed by atoms with van der Waals surface area (Å²) in [6, 6.07) is 2.55. The van der Waals surface area contributed by atoms with E-state index >= 15 is 0 Å². The van der Waals surface area contributed by atoms with Crippen molar-refractivity contribution in [3.8, 4) is 5.75 Å². The zero-order valence-corrected chi connectivity index (χ0v) is 18.5. The Morgan fingerprint density at radius 1 is 1.19 bits per heavy atom. The van der Waals surface area contributed by atoms with E-state index in [-0.39, 0.29) is 12.2 Å². The van der Waals surface area contributed by atoms with Crippen LogP contribution in [0.4, 0.5) is 14.9 Å². The first kappa shape index (κ1) is 23.7. The molecule has 11 heteroatoms. The molecule has 1 rings (SSSR count). The van der Waals surface area contributed by atoms with Gasteiger partial charge in [-0.3, -0.25) is 4.79 Å². The molecule has 0 aromatic heterocycles. The molecular formula is C16H19FI2N2O6. The summed E-state index contributed by atoms with van der Waals surface area (Å²) >= 11 is 4.40. The van der Waals surface area contributed by atoms with Gasteiger partial charge in [-0.1, -0.05) is 45.2 Å². The van der Waals surface area contributed by atoms with Crippen molar-refractivity contribution in [2.24, 2.45) is 0 Å². The molecule has 1 aromatic rings. The van der Waals surface area contributed by atoms with Crippen LogP contribution in [0.1, 0.15) is 12.8 Å². The molecule has 0 aliphatic rings. The van der Waals surface area contributed by atoms with E-state index in [9.17, 15) is 18.8 Å². The van der Waals surface area contributed by atoms with Crippen LogP contribution in [0.25, 0.3) is 0 Å². The molecule has 3 N–H and O–H groups in total. The van der Waals surface area contributed by atoms with Crippen molar-refractivity contribution < 1.29 is 33.7 Å². The van der Waals surface area contributed by atoms with E-state index in [1.807, 2.05) is 4.90 Å². The summed E-state index contributed by atoms with van der Waals surface area (Å²) in [5.41, 5.74) is 0.390. The number of nitrogens with zero attached hydrogens (tertiary/aromatic N) is 1. The zero-order valence-electron chi connectivity index (χ0n) is 14.2. The quantitative estimate of drug-likeness (QED) is 0.262. The Morgan fingerprint density at radius 3 is 2.30 bits per heavy atom. The van der Waals surface area contributed by atoms with Gasteiger partial charge in [0.2, 0.25) is 0 Å². The molecule has 0 aliphatic carbocycles. The number of amides is 1. The number of ether oxygens (including phenoxy) is 1. The zero-order chi connectivity index (χ0) is 20.4. The van der Waals surface area contributed by atoms with E-state index in [1.165, 1.54) is 12.1 Å². The highest BCUT2D eigenvalue weighted by atomic mass is 127. The number of hydrogen-bond acceptors (Lipinski definition) is 5. The topological polar surface area (TPSA) is 116 Å². The van der Waals surface area contributed by atoms with Crippen molar-refractivity contribution in [1.29, 1.82) is 0 Å². The first-order chi connectivity index (χ1) is 12.8. The Morgan fingerprint density at radius 2 is 1.81 bits per heavy atom. The van der Waals surface area contributed by atoms with Crippen molar-refractivity contribution in [2.75, 3.05) is 26.8 Å². The van der Waals surface area contributed by atoms with Crippen LogP contribution in [-0.2, 0) is 9.59 Å². The average Bonchev–Trinajstić information content (AvgIpc) is 2.58. The normalized spacial score (nSPS) is 11.5. The summed E-state index contributed by atoms with van der Waals surface area (Å²) in [6.07, 6.45) is -1.82. The fourth-order valence-electron chi connectivity index (χ4n) is 2.17. The van der Waals surface area contributed by atoms with Crippen molar-refractivity contribution >= 4 is 68.9 Å². The van der Waals surface area contributed by atoms with Crippen molar-refractivity contribution in [1.82, 2.24) is 5.32 Å². The summed E-state index contributed by atoms with van der Waals surface area (Å²) in [7, 11) is 0. The first-order valence-corrected chi connectivity index (χ1v) is 10.9. The summed E-state index contributed by atoms with van der Waals surface area (Å²) in [5, 5.41) is 19.7. The Bertz CT molecular complexity index is 670. The van der Waals surface area contributed by atoms with Crippen LogP contribution in [0.2, 0.25) is 0 Å². The Hall–Kier alpha value is -1.38. The number of halogens is 3. The molecule has 1 aromatic carbocycles. The summed E-state index contributed by atoms with van der Waals surface area (Å²) in [5.74, 6) is -3.21. The second kappa shape index (κ2) is 12.2. The summed E-state index contributed by atoms with van der Waals surface area (Å²) in [6.45, 7) is 1.34. The highest BCUT2D eigenvalue weighted by Crippen LogP contribution is 2.24. The second-order valence-corrected chi connectivity index (χ2v) is 7.49. The largest absolute Gasteiger partial charge is 0.481 e. The van der Waals surface area contributed by atoms with Gasteiger partial charge in [-0.05, 0) is 18.6 Å². The van der Waals surface area contributed by atoms with Gasteiger partial charge in [0, 0.05) is 34.4 Å². The maximum atomic E-state index is 14.4. The molecule has 0 heterocycles. The maximum absolute atomic E-state index is 14.4. The molecular weight excluding hydrogens is 589 g/mol. The number of alkyl halides is 2. The Kier molecular flexibility index (Phi) is 10.6. The van der Waals surface area contributed by atoms with E-state index in [2.05, 4.69) is 50.5 Å². The highest BCUT2D eigenvalue weighted by Gasteiger charge is 2.22.